The van der Waals surface area contributed by atoms with Gasteiger partial charge in [0.2, 0.25) is 0 Å². The Hall–Kier alpha value is -0.720. The molecule has 0 bridgehead atoms. The lowest BCUT2D eigenvalue weighted by Gasteiger charge is -2.29. The summed E-state index contributed by atoms with van der Waals surface area (Å²) in [7, 11) is 3.38. The third-order valence-electron chi connectivity index (χ3n) is 2.39. The molecule has 0 N–H and O–H groups in total. The highest BCUT2D eigenvalue weighted by atomic mass is 79.9. The number of hydrogen-bond donors (Lipinski definition) is 0. The summed E-state index contributed by atoms with van der Waals surface area (Å²) in [6.45, 7) is 4.15. The first-order chi connectivity index (χ1) is 8.19. The van der Waals surface area contributed by atoms with E-state index in [9.17, 15) is 0 Å². The lowest BCUT2D eigenvalue weighted by Crippen LogP contribution is -2.39. The molecule has 1 heterocycles. The molecule has 0 aliphatic rings. The molecule has 6 heteroatoms. The molecule has 1 atom stereocenters. The van der Waals surface area contributed by atoms with Gasteiger partial charge in [0.05, 0.1) is 19.3 Å². The number of aromatic nitrogens is 2. The van der Waals surface area contributed by atoms with E-state index in [1.54, 1.807) is 20.5 Å². The predicted molar refractivity (Wildman–Crippen MR) is 70.3 cm³/mol. The normalized spacial score (nSPS) is 12.5. The Bertz CT molecular complexity index is 338. The summed E-state index contributed by atoms with van der Waals surface area (Å²) in [5.41, 5.74) is 0. The van der Waals surface area contributed by atoms with E-state index in [0.717, 1.165) is 17.0 Å². The van der Waals surface area contributed by atoms with Gasteiger partial charge >= 0.3 is 0 Å². The molecule has 96 valence electrons. The first-order valence-corrected chi connectivity index (χ1v) is 6.20. The number of halogens is 1. The maximum absolute atomic E-state index is 5.18. The van der Waals surface area contributed by atoms with Crippen LogP contribution in [0.1, 0.15) is 6.92 Å². The van der Waals surface area contributed by atoms with Crippen LogP contribution in [0.15, 0.2) is 17.0 Å². The molecule has 1 unspecified atom stereocenters. The van der Waals surface area contributed by atoms with Gasteiger partial charge in [-0.15, -0.1) is 0 Å². The average Bonchev–Trinajstić information content (AvgIpc) is 2.30. The van der Waals surface area contributed by atoms with Crippen molar-refractivity contribution < 1.29 is 9.47 Å². The zero-order valence-electron chi connectivity index (χ0n) is 10.4. The molecule has 17 heavy (non-hydrogen) atoms. The molecule has 1 rings (SSSR count). The van der Waals surface area contributed by atoms with Gasteiger partial charge in [0.25, 0.3) is 0 Å². The van der Waals surface area contributed by atoms with Gasteiger partial charge in [-0.05, 0) is 22.9 Å². The quantitative estimate of drug-likeness (QED) is 0.718. The van der Waals surface area contributed by atoms with Crippen molar-refractivity contribution in [3.63, 3.8) is 0 Å². The molecule has 0 amide bonds. The molecule has 0 aliphatic carbocycles. The zero-order chi connectivity index (χ0) is 12.7. The van der Waals surface area contributed by atoms with Crippen LogP contribution in [0, 0.1) is 0 Å². The summed E-state index contributed by atoms with van der Waals surface area (Å²) in [5.74, 6) is 0.869. The van der Waals surface area contributed by atoms with Crippen molar-refractivity contribution in [1.29, 1.82) is 0 Å². The van der Waals surface area contributed by atoms with Crippen molar-refractivity contribution in [2.45, 2.75) is 13.0 Å². The molecule has 0 fully saturated rings. The Morgan fingerprint density at radius 3 is 2.71 bits per heavy atom. The summed E-state index contributed by atoms with van der Waals surface area (Å²) in [5, 5.41) is 0. The largest absolute Gasteiger partial charge is 0.383 e. The number of anilines is 1. The second kappa shape index (κ2) is 7.58. The monoisotopic (exact) mass is 303 g/mol. The number of methoxy groups -OCH3 is 2. The van der Waals surface area contributed by atoms with Crippen LogP contribution in [0.3, 0.4) is 0 Å². The van der Waals surface area contributed by atoms with E-state index < -0.39 is 0 Å². The fraction of sp³-hybridized carbons (Fsp3) is 0.636. The van der Waals surface area contributed by atoms with Gasteiger partial charge in [-0.3, -0.25) is 0 Å². The van der Waals surface area contributed by atoms with Crippen molar-refractivity contribution in [2.75, 3.05) is 38.9 Å². The zero-order valence-corrected chi connectivity index (χ0v) is 12.0. The molecular formula is C11H18BrN3O2. The van der Waals surface area contributed by atoms with Crippen molar-refractivity contribution in [1.82, 2.24) is 9.97 Å². The standard InChI is InChI=1S/C11H18BrN3O2/c1-9(7-17-3)15(4-5-16-2)11-6-10(12)13-8-14-11/h6,8-9H,4-5,7H2,1-3H3. The van der Waals surface area contributed by atoms with Crippen LogP contribution in [-0.4, -0.2) is 50.0 Å². The molecule has 0 aliphatic heterocycles. The van der Waals surface area contributed by atoms with Crippen LogP contribution >= 0.6 is 15.9 Å². The summed E-state index contributed by atoms with van der Waals surface area (Å²) < 4.78 is 11.1. The molecule has 1 aromatic rings. The van der Waals surface area contributed by atoms with E-state index >= 15 is 0 Å². The summed E-state index contributed by atoms with van der Waals surface area (Å²) in [6, 6.07) is 2.12. The van der Waals surface area contributed by atoms with E-state index in [0.29, 0.717) is 13.2 Å². The van der Waals surface area contributed by atoms with Crippen LogP contribution < -0.4 is 4.90 Å². The van der Waals surface area contributed by atoms with Gasteiger partial charge in [0.1, 0.15) is 16.7 Å². The van der Waals surface area contributed by atoms with E-state index in [1.165, 1.54) is 0 Å². The molecule has 0 saturated heterocycles. The minimum Gasteiger partial charge on any atom is -0.383 e. The fourth-order valence-electron chi connectivity index (χ4n) is 1.56. The summed E-state index contributed by atoms with van der Waals surface area (Å²) in [4.78, 5) is 10.4. The Kier molecular flexibility index (Phi) is 6.39. The van der Waals surface area contributed by atoms with Crippen LogP contribution in [0.2, 0.25) is 0 Å². The molecule has 0 saturated carbocycles. The van der Waals surface area contributed by atoms with Gasteiger partial charge in [0, 0.05) is 26.8 Å². The molecule has 0 spiro atoms. The topological polar surface area (TPSA) is 47.5 Å². The second-order valence-corrected chi connectivity index (χ2v) is 4.50. The Morgan fingerprint density at radius 2 is 2.12 bits per heavy atom. The highest BCUT2D eigenvalue weighted by Crippen LogP contribution is 2.17. The fourth-order valence-corrected chi connectivity index (χ4v) is 1.86. The number of ether oxygens (including phenoxy) is 2. The van der Waals surface area contributed by atoms with Crippen LogP contribution in [0.25, 0.3) is 0 Å². The van der Waals surface area contributed by atoms with Gasteiger partial charge < -0.3 is 14.4 Å². The second-order valence-electron chi connectivity index (χ2n) is 3.69. The van der Waals surface area contributed by atoms with E-state index in [1.807, 2.05) is 6.07 Å². The maximum Gasteiger partial charge on any atom is 0.133 e. The number of rotatable bonds is 7. The van der Waals surface area contributed by atoms with Gasteiger partial charge in [-0.25, -0.2) is 9.97 Å². The van der Waals surface area contributed by atoms with Crippen molar-refractivity contribution in [3.8, 4) is 0 Å². The summed E-state index contributed by atoms with van der Waals surface area (Å²) >= 11 is 3.35. The average molecular weight is 304 g/mol. The third kappa shape index (κ3) is 4.57. The maximum atomic E-state index is 5.18. The highest BCUT2D eigenvalue weighted by molar-refractivity contribution is 9.10. The minimum atomic E-state index is 0.233. The number of hydrogen-bond acceptors (Lipinski definition) is 5. The van der Waals surface area contributed by atoms with Crippen LogP contribution in [-0.2, 0) is 9.47 Å². The Labute approximate surface area is 110 Å². The summed E-state index contributed by atoms with van der Waals surface area (Å²) in [6.07, 6.45) is 1.54. The Balaban J connectivity index is 2.81. The molecular weight excluding hydrogens is 286 g/mol. The van der Waals surface area contributed by atoms with Gasteiger partial charge in [0.15, 0.2) is 0 Å². The van der Waals surface area contributed by atoms with Crippen molar-refractivity contribution in [2.24, 2.45) is 0 Å². The smallest absolute Gasteiger partial charge is 0.133 e. The van der Waals surface area contributed by atoms with Crippen molar-refractivity contribution >= 4 is 21.7 Å². The number of nitrogens with zero attached hydrogens (tertiary/aromatic N) is 3. The lowest BCUT2D eigenvalue weighted by molar-refractivity contribution is 0.170. The Morgan fingerprint density at radius 1 is 1.35 bits per heavy atom. The SMILES string of the molecule is COCCN(c1cc(Br)ncn1)C(C)COC. The first kappa shape index (κ1) is 14.3. The van der Waals surface area contributed by atoms with Crippen LogP contribution in [0.5, 0.6) is 0 Å². The molecule has 5 nitrogen and oxygen atoms in total. The third-order valence-corrected chi connectivity index (χ3v) is 2.82. The van der Waals surface area contributed by atoms with E-state index in [2.05, 4.69) is 37.7 Å². The molecule has 1 aromatic heterocycles. The highest BCUT2D eigenvalue weighted by Gasteiger charge is 2.15. The van der Waals surface area contributed by atoms with Crippen molar-refractivity contribution in [3.05, 3.63) is 17.0 Å². The van der Waals surface area contributed by atoms with Gasteiger partial charge in [-0.2, -0.15) is 0 Å². The van der Waals surface area contributed by atoms with Crippen LogP contribution in [0.4, 0.5) is 5.82 Å². The van der Waals surface area contributed by atoms with E-state index in [-0.39, 0.29) is 6.04 Å². The molecule has 0 radical (unpaired) electrons. The minimum absolute atomic E-state index is 0.233. The van der Waals surface area contributed by atoms with Gasteiger partial charge in [-0.1, -0.05) is 0 Å². The lowest BCUT2D eigenvalue weighted by atomic mass is 10.3. The predicted octanol–water partition coefficient (Wildman–Crippen LogP) is 1.73. The van der Waals surface area contributed by atoms with E-state index in [4.69, 9.17) is 9.47 Å². The molecule has 0 aromatic carbocycles. The first-order valence-electron chi connectivity index (χ1n) is 5.41.